The molecular formula is C25H23N5O6. The van der Waals surface area contributed by atoms with E-state index in [2.05, 4.69) is 10.4 Å². The molecule has 0 unspecified atom stereocenters. The SMILES string of the molecule is CCOC(=O)c1cnn(-c2cc(C)c3cccc(C)c3n2)c1NC(=O)COc1ccc([N+](=O)[O-])cc1. The van der Waals surface area contributed by atoms with Crippen LogP contribution < -0.4 is 10.1 Å². The van der Waals surface area contributed by atoms with Crippen molar-refractivity contribution in [1.29, 1.82) is 0 Å². The number of non-ortho nitro benzene ring substituents is 1. The van der Waals surface area contributed by atoms with Gasteiger partial charge in [0.25, 0.3) is 11.6 Å². The lowest BCUT2D eigenvalue weighted by atomic mass is 10.1. The number of aromatic nitrogens is 3. The van der Waals surface area contributed by atoms with Crippen LogP contribution in [0.25, 0.3) is 16.7 Å². The molecule has 36 heavy (non-hydrogen) atoms. The smallest absolute Gasteiger partial charge is 0.343 e. The number of nitrogens with zero attached hydrogens (tertiary/aromatic N) is 4. The number of esters is 1. The molecular weight excluding hydrogens is 466 g/mol. The van der Waals surface area contributed by atoms with E-state index in [1.807, 2.05) is 38.1 Å². The maximum Gasteiger partial charge on any atom is 0.343 e. The highest BCUT2D eigenvalue weighted by molar-refractivity contribution is 6.01. The Morgan fingerprint density at radius 2 is 1.86 bits per heavy atom. The lowest BCUT2D eigenvalue weighted by Crippen LogP contribution is -2.23. The van der Waals surface area contributed by atoms with E-state index >= 15 is 0 Å². The molecule has 184 valence electrons. The molecule has 0 fully saturated rings. The van der Waals surface area contributed by atoms with Crippen LogP contribution in [0.1, 0.15) is 28.4 Å². The first-order chi connectivity index (χ1) is 17.3. The normalized spacial score (nSPS) is 10.8. The van der Waals surface area contributed by atoms with E-state index in [4.69, 9.17) is 14.5 Å². The topological polar surface area (TPSA) is 138 Å². The molecule has 0 saturated heterocycles. The number of benzene rings is 2. The van der Waals surface area contributed by atoms with E-state index < -0.39 is 23.4 Å². The van der Waals surface area contributed by atoms with Gasteiger partial charge in [0.1, 0.15) is 11.3 Å². The number of amides is 1. The molecule has 2 heterocycles. The van der Waals surface area contributed by atoms with Gasteiger partial charge >= 0.3 is 5.97 Å². The van der Waals surface area contributed by atoms with E-state index in [9.17, 15) is 19.7 Å². The number of nitro benzene ring substituents is 1. The van der Waals surface area contributed by atoms with Crippen molar-refractivity contribution in [3.63, 3.8) is 0 Å². The zero-order valence-corrected chi connectivity index (χ0v) is 19.8. The quantitative estimate of drug-likeness (QED) is 0.221. The second kappa shape index (κ2) is 10.2. The minimum absolute atomic E-state index is 0.0601. The molecule has 1 amide bonds. The number of aryl methyl sites for hydroxylation is 2. The van der Waals surface area contributed by atoms with E-state index in [1.165, 1.54) is 35.1 Å². The van der Waals surface area contributed by atoms with Crippen LogP contribution in [0.4, 0.5) is 11.5 Å². The second-order valence-corrected chi connectivity index (χ2v) is 7.90. The Hall–Kier alpha value is -4.80. The molecule has 11 heteroatoms. The Morgan fingerprint density at radius 3 is 2.56 bits per heavy atom. The van der Waals surface area contributed by atoms with Crippen molar-refractivity contribution in [3.8, 4) is 11.6 Å². The summed E-state index contributed by atoms with van der Waals surface area (Å²) in [6.45, 7) is 5.31. The number of fused-ring (bicyclic) bond motifs is 1. The molecule has 0 aliphatic heterocycles. The summed E-state index contributed by atoms with van der Waals surface area (Å²) in [5, 5.41) is 18.7. The van der Waals surface area contributed by atoms with Gasteiger partial charge in [-0.15, -0.1) is 0 Å². The van der Waals surface area contributed by atoms with Gasteiger partial charge in [-0.1, -0.05) is 18.2 Å². The second-order valence-electron chi connectivity index (χ2n) is 7.90. The van der Waals surface area contributed by atoms with E-state index in [-0.39, 0.29) is 29.4 Å². The molecule has 0 aliphatic rings. The van der Waals surface area contributed by atoms with Gasteiger partial charge in [0.15, 0.2) is 18.2 Å². The van der Waals surface area contributed by atoms with Gasteiger partial charge in [0.05, 0.1) is 23.2 Å². The summed E-state index contributed by atoms with van der Waals surface area (Å²) in [5.74, 6) is -0.447. The molecule has 0 spiro atoms. The summed E-state index contributed by atoms with van der Waals surface area (Å²) in [7, 11) is 0. The minimum atomic E-state index is -0.649. The molecule has 2 aromatic carbocycles. The van der Waals surface area contributed by atoms with Crippen molar-refractivity contribution in [2.45, 2.75) is 20.8 Å². The zero-order chi connectivity index (χ0) is 25.8. The van der Waals surface area contributed by atoms with Gasteiger partial charge < -0.3 is 14.8 Å². The highest BCUT2D eigenvalue weighted by Gasteiger charge is 2.23. The number of hydrogen-bond donors (Lipinski definition) is 1. The van der Waals surface area contributed by atoms with Crippen molar-refractivity contribution < 1.29 is 24.0 Å². The predicted molar refractivity (Wildman–Crippen MR) is 132 cm³/mol. The standard InChI is InChI=1S/C25H23N5O6/c1-4-35-25(32)20-13-26-29(21-12-16(3)19-7-5-6-15(2)23(19)27-21)24(20)28-22(31)14-36-18-10-8-17(9-11-18)30(33)34/h5-13H,4,14H2,1-3H3,(H,28,31). The van der Waals surface area contributed by atoms with Crippen LogP contribution in [0.15, 0.2) is 54.7 Å². The first-order valence-electron chi connectivity index (χ1n) is 11.1. The van der Waals surface area contributed by atoms with Gasteiger partial charge in [0.2, 0.25) is 0 Å². The van der Waals surface area contributed by atoms with E-state index in [0.717, 1.165) is 22.0 Å². The van der Waals surface area contributed by atoms with Gasteiger partial charge in [0, 0.05) is 17.5 Å². The fourth-order valence-electron chi connectivity index (χ4n) is 3.63. The van der Waals surface area contributed by atoms with Gasteiger partial charge in [-0.2, -0.15) is 9.78 Å². The summed E-state index contributed by atoms with van der Waals surface area (Å²) >= 11 is 0. The highest BCUT2D eigenvalue weighted by Crippen LogP contribution is 2.26. The molecule has 11 nitrogen and oxygen atoms in total. The van der Waals surface area contributed by atoms with Crippen LogP contribution in [-0.4, -0.2) is 44.8 Å². The number of carbonyl (C=O) groups excluding carboxylic acids is 2. The van der Waals surface area contributed by atoms with Gasteiger partial charge in [-0.05, 0) is 50.1 Å². The van der Waals surface area contributed by atoms with Crippen molar-refractivity contribution in [2.24, 2.45) is 0 Å². The molecule has 0 saturated carbocycles. The number of nitrogens with one attached hydrogen (secondary N) is 1. The fraction of sp³-hybridized carbons (Fsp3) is 0.200. The van der Waals surface area contributed by atoms with Crippen LogP contribution in [0.2, 0.25) is 0 Å². The summed E-state index contributed by atoms with van der Waals surface area (Å²) < 4.78 is 11.9. The lowest BCUT2D eigenvalue weighted by molar-refractivity contribution is -0.384. The Morgan fingerprint density at radius 1 is 1.11 bits per heavy atom. The third-order valence-corrected chi connectivity index (χ3v) is 5.39. The maximum absolute atomic E-state index is 12.8. The summed E-state index contributed by atoms with van der Waals surface area (Å²) in [6.07, 6.45) is 1.31. The largest absolute Gasteiger partial charge is 0.484 e. The third-order valence-electron chi connectivity index (χ3n) is 5.39. The monoisotopic (exact) mass is 489 g/mol. The minimum Gasteiger partial charge on any atom is -0.484 e. The lowest BCUT2D eigenvalue weighted by Gasteiger charge is -2.13. The van der Waals surface area contributed by atoms with Crippen molar-refractivity contribution in [2.75, 3.05) is 18.5 Å². The fourth-order valence-corrected chi connectivity index (χ4v) is 3.63. The number of pyridine rings is 1. The highest BCUT2D eigenvalue weighted by atomic mass is 16.6. The number of anilines is 1. The number of nitro groups is 1. The number of carbonyl (C=O) groups is 2. The predicted octanol–water partition coefficient (Wildman–Crippen LogP) is 4.14. The summed E-state index contributed by atoms with van der Waals surface area (Å²) in [5.41, 5.74) is 2.66. The van der Waals surface area contributed by atoms with Crippen molar-refractivity contribution in [1.82, 2.24) is 14.8 Å². The molecule has 0 bridgehead atoms. The molecule has 2 aromatic heterocycles. The summed E-state index contributed by atoms with van der Waals surface area (Å²) in [4.78, 5) is 40.3. The summed E-state index contributed by atoms with van der Waals surface area (Å²) in [6, 6.07) is 13.0. The molecule has 0 atom stereocenters. The first-order valence-corrected chi connectivity index (χ1v) is 11.1. The Bertz CT molecular complexity index is 1460. The average molecular weight is 489 g/mol. The Balaban J connectivity index is 1.64. The number of hydrogen-bond acceptors (Lipinski definition) is 8. The van der Waals surface area contributed by atoms with Crippen molar-refractivity contribution in [3.05, 3.63) is 81.5 Å². The number of rotatable bonds is 8. The van der Waals surface area contributed by atoms with Crippen LogP contribution >= 0.6 is 0 Å². The van der Waals surface area contributed by atoms with Gasteiger partial charge in [-0.25, -0.2) is 9.78 Å². The van der Waals surface area contributed by atoms with E-state index in [0.29, 0.717) is 5.82 Å². The van der Waals surface area contributed by atoms with Gasteiger partial charge in [-0.3, -0.25) is 14.9 Å². The first kappa shape index (κ1) is 24.3. The number of ether oxygens (including phenoxy) is 2. The molecule has 4 rings (SSSR count). The van der Waals surface area contributed by atoms with Crippen molar-refractivity contribution >= 4 is 34.3 Å². The maximum atomic E-state index is 12.8. The Labute approximate surface area is 205 Å². The zero-order valence-electron chi connectivity index (χ0n) is 19.8. The number of para-hydroxylation sites is 1. The van der Waals surface area contributed by atoms with Crippen LogP contribution in [-0.2, 0) is 9.53 Å². The van der Waals surface area contributed by atoms with E-state index in [1.54, 1.807) is 6.92 Å². The van der Waals surface area contributed by atoms with Crippen LogP contribution in [0.3, 0.4) is 0 Å². The Kier molecular flexibility index (Phi) is 6.91. The molecule has 0 radical (unpaired) electrons. The molecule has 4 aromatic rings. The van der Waals surface area contributed by atoms with Crippen LogP contribution in [0, 0.1) is 24.0 Å². The average Bonchev–Trinajstić information content (AvgIpc) is 3.27. The molecule has 0 aliphatic carbocycles. The van der Waals surface area contributed by atoms with Crippen LogP contribution in [0.5, 0.6) is 5.75 Å². The third kappa shape index (κ3) is 4.99. The molecule has 1 N–H and O–H groups in total.